The van der Waals surface area contributed by atoms with Gasteiger partial charge in [0.25, 0.3) is 0 Å². The number of carbonyl (C=O) groups excluding carboxylic acids is 1. The average Bonchev–Trinajstić information content (AvgIpc) is 3.06. The fraction of sp³-hybridized carbons (Fsp3) is 0.464. The summed E-state index contributed by atoms with van der Waals surface area (Å²) in [4.78, 5) is 22.3. The van der Waals surface area contributed by atoms with Gasteiger partial charge in [0.2, 0.25) is 0 Å². The van der Waals surface area contributed by atoms with Crippen molar-refractivity contribution in [3.8, 4) is 0 Å². The Morgan fingerprint density at radius 1 is 1.09 bits per heavy atom. The minimum atomic E-state index is 0.234. The first-order valence-electron chi connectivity index (χ1n) is 12.4. The van der Waals surface area contributed by atoms with Crippen LogP contribution in [0.2, 0.25) is 5.02 Å². The minimum absolute atomic E-state index is 0.234. The molecule has 1 aromatic carbocycles. The summed E-state index contributed by atoms with van der Waals surface area (Å²) in [5.41, 5.74) is 2.22. The number of hydrogen-bond acceptors (Lipinski definition) is 4. The van der Waals surface area contributed by atoms with Crippen LogP contribution in [-0.2, 0) is 11.3 Å². The Balaban J connectivity index is 1.55. The smallest absolute Gasteiger partial charge is 0.135 e. The Labute approximate surface area is 201 Å². The molecule has 2 unspecified atom stereocenters. The van der Waals surface area contributed by atoms with E-state index in [0.29, 0.717) is 18.2 Å². The van der Waals surface area contributed by atoms with E-state index in [1.165, 1.54) is 5.22 Å². The molecule has 2 heterocycles. The van der Waals surface area contributed by atoms with E-state index in [2.05, 4.69) is 24.4 Å². The van der Waals surface area contributed by atoms with Crippen molar-refractivity contribution in [1.82, 2.24) is 10.3 Å². The molecule has 0 bridgehead atoms. The zero-order valence-corrected chi connectivity index (χ0v) is 20.3. The van der Waals surface area contributed by atoms with Gasteiger partial charge in [0.05, 0.1) is 11.1 Å². The van der Waals surface area contributed by atoms with E-state index in [0.717, 1.165) is 85.2 Å². The maximum Gasteiger partial charge on any atom is 0.135 e. The van der Waals surface area contributed by atoms with E-state index in [4.69, 9.17) is 21.6 Å². The molecule has 5 heteroatoms. The standard InChI is InChI=1S/C28H34ClN3O/c1-2-8-26(33)20-10-7-11-21(16-15-20)28-23-12-4-6-14-27(32-25(23)17-18-30-28)31-19-22-9-3-5-13-24(22)29/h3,5,9,12-14,17-18,20-21,31H,2,4,6-8,10-11,15-16,19H2,1H3. The van der Waals surface area contributed by atoms with Gasteiger partial charge in [-0.05, 0) is 68.7 Å². The molecule has 0 spiro atoms. The monoisotopic (exact) mass is 463 g/mol. The molecule has 2 aliphatic rings. The number of fused-ring (bicyclic) bond motifs is 1. The lowest BCUT2D eigenvalue weighted by molar-refractivity contribution is -0.123. The first kappa shape index (κ1) is 23.7. The zero-order valence-electron chi connectivity index (χ0n) is 19.5. The van der Waals surface area contributed by atoms with Crippen molar-refractivity contribution in [2.75, 3.05) is 0 Å². The lowest BCUT2D eigenvalue weighted by Gasteiger charge is -2.16. The topological polar surface area (TPSA) is 54.4 Å². The average molecular weight is 464 g/mol. The predicted octanol–water partition coefficient (Wildman–Crippen LogP) is 5.59. The highest BCUT2D eigenvalue weighted by molar-refractivity contribution is 6.31. The van der Waals surface area contributed by atoms with Gasteiger partial charge < -0.3 is 5.32 Å². The Morgan fingerprint density at radius 3 is 2.79 bits per heavy atom. The summed E-state index contributed by atoms with van der Waals surface area (Å²) >= 11 is 6.32. The molecule has 1 aliphatic carbocycles. The van der Waals surface area contributed by atoms with Crippen molar-refractivity contribution in [2.45, 2.75) is 77.2 Å². The van der Waals surface area contributed by atoms with Gasteiger partial charge in [-0.1, -0.05) is 49.2 Å². The molecule has 1 N–H and O–H groups in total. The number of benzene rings is 1. The van der Waals surface area contributed by atoms with Crippen molar-refractivity contribution in [3.05, 3.63) is 75.3 Å². The largest absolute Gasteiger partial charge is 0.366 e. The van der Waals surface area contributed by atoms with Crippen LogP contribution in [0.3, 0.4) is 0 Å². The third-order valence-corrected chi connectivity index (χ3v) is 7.19. The maximum absolute atomic E-state index is 12.5. The number of Topliss-reactive ketones (excluding diaryl/α,β-unsaturated/α-hetero) is 1. The molecule has 1 fully saturated rings. The van der Waals surface area contributed by atoms with Crippen LogP contribution in [0.1, 0.15) is 81.9 Å². The Hall–Kier alpha value is -2.46. The Bertz CT molecular complexity index is 1120. The SMILES string of the molecule is CCCC(=O)C1CCCC(c2nccc3c2=CCCC=C(NCc2ccccc2Cl)N=3)CC1. The van der Waals surface area contributed by atoms with E-state index in [-0.39, 0.29) is 5.92 Å². The molecule has 0 radical (unpaired) electrons. The quantitative estimate of drug-likeness (QED) is 0.544. The Kier molecular flexibility index (Phi) is 8.33. The first-order valence-corrected chi connectivity index (χ1v) is 12.8. The van der Waals surface area contributed by atoms with Crippen LogP contribution in [0.4, 0.5) is 0 Å². The molecule has 2 atom stereocenters. The summed E-state index contributed by atoms with van der Waals surface area (Å²) in [6.07, 6.45) is 15.1. The van der Waals surface area contributed by atoms with E-state index in [1.807, 2.05) is 36.5 Å². The zero-order chi connectivity index (χ0) is 23.0. The Morgan fingerprint density at radius 2 is 1.94 bits per heavy atom. The number of aromatic nitrogens is 1. The van der Waals surface area contributed by atoms with Gasteiger partial charge in [-0.25, -0.2) is 4.99 Å². The summed E-state index contributed by atoms with van der Waals surface area (Å²) < 4.78 is 0. The summed E-state index contributed by atoms with van der Waals surface area (Å²) in [7, 11) is 0. The van der Waals surface area contributed by atoms with Gasteiger partial charge in [0, 0.05) is 41.2 Å². The number of rotatable bonds is 7. The van der Waals surface area contributed by atoms with Crippen molar-refractivity contribution in [1.29, 1.82) is 0 Å². The summed E-state index contributed by atoms with van der Waals surface area (Å²) in [5, 5.41) is 6.37. The van der Waals surface area contributed by atoms with E-state index >= 15 is 0 Å². The van der Waals surface area contributed by atoms with E-state index < -0.39 is 0 Å². The van der Waals surface area contributed by atoms with E-state index in [1.54, 1.807) is 0 Å². The second-order valence-electron chi connectivity index (χ2n) is 9.18. The molecule has 33 heavy (non-hydrogen) atoms. The van der Waals surface area contributed by atoms with Crippen LogP contribution < -0.4 is 15.9 Å². The van der Waals surface area contributed by atoms with Crippen LogP contribution in [0.5, 0.6) is 0 Å². The normalized spacial score (nSPS) is 20.7. The van der Waals surface area contributed by atoms with Gasteiger partial charge in [-0.3, -0.25) is 9.78 Å². The van der Waals surface area contributed by atoms with Crippen molar-refractivity contribution < 1.29 is 4.79 Å². The molecular weight excluding hydrogens is 430 g/mol. The van der Waals surface area contributed by atoms with Crippen LogP contribution >= 0.6 is 11.6 Å². The number of pyridine rings is 1. The molecule has 1 aliphatic heterocycles. The van der Waals surface area contributed by atoms with Crippen LogP contribution in [-0.4, -0.2) is 10.8 Å². The number of ketones is 1. The predicted molar refractivity (Wildman–Crippen MR) is 134 cm³/mol. The molecule has 174 valence electrons. The number of carbonyl (C=O) groups is 1. The van der Waals surface area contributed by atoms with Gasteiger partial charge in [-0.2, -0.15) is 0 Å². The minimum Gasteiger partial charge on any atom is -0.366 e. The first-order chi connectivity index (χ1) is 16.2. The molecule has 1 aromatic heterocycles. The number of nitrogens with one attached hydrogen (secondary N) is 1. The van der Waals surface area contributed by atoms with Gasteiger partial charge in [0.15, 0.2) is 0 Å². The molecule has 1 saturated carbocycles. The fourth-order valence-electron chi connectivity index (χ4n) is 5.02. The molecule has 4 nitrogen and oxygen atoms in total. The lowest BCUT2D eigenvalue weighted by atomic mass is 9.91. The maximum atomic E-state index is 12.5. The number of halogens is 1. The molecule has 0 amide bonds. The third kappa shape index (κ3) is 6.11. The molecule has 4 rings (SSSR count). The summed E-state index contributed by atoms with van der Waals surface area (Å²) in [6, 6.07) is 9.91. The van der Waals surface area contributed by atoms with Gasteiger partial charge in [-0.15, -0.1) is 0 Å². The van der Waals surface area contributed by atoms with Crippen LogP contribution in [0, 0.1) is 5.92 Å². The highest BCUT2D eigenvalue weighted by Gasteiger charge is 2.25. The van der Waals surface area contributed by atoms with Crippen molar-refractivity contribution >= 4 is 23.5 Å². The molecular formula is C28H34ClN3O. The van der Waals surface area contributed by atoms with Crippen molar-refractivity contribution in [3.63, 3.8) is 0 Å². The van der Waals surface area contributed by atoms with Gasteiger partial charge in [0.1, 0.15) is 11.6 Å². The number of allylic oxidation sites excluding steroid dienone is 1. The van der Waals surface area contributed by atoms with E-state index in [9.17, 15) is 4.79 Å². The molecule has 2 aromatic rings. The third-order valence-electron chi connectivity index (χ3n) is 6.82. The van der Waals surface area contributed by atoms with Crippen molar-refractivity contribution in [2.24, 2.45) is 10.9 Å². The number of hydrogen-bond donors (Lipinski definition) is 1. The van der Waals surface area contributed by atoms with Gasteiger partial charge >= 0.3 is 0 Å². The number of nitrogens with zero attached hydrogens (tertiary/aromatic N) is 2. The highest BCUT2D eigenvalue weighted by Crippen LogP contribution is 2.33. The fourth-order valence-corrected chi connectivity index (χ4v) is 5.22. The highest BCUT2D eigenvalue weighted by atomic mass is 35.5. The lowest BCUT2D eigenvalue weighted by Crippen LogP contribution is -2.33. The van der Waals surface area contributed by atoms with Crippen LogP contribution in [0.25, 0.3) is 6.08 Å². The summed E-state index contributed by atoms with van der Waals surface area (Å²) in [5.74, 6) is 1.97. The summed E-state index contributed by atoms with van der Waals surface area (Å²) in [6.45, 7) is 2.73. The van der Waals surface area contributed by atoms with Crippen LogP contribution in [0.15, 0.2) is 53.4 Å². The second-order valence-corrected chi connectivity index (χ2v) is 9.58. The molecule has 0 saturated heterocycles. The second kappa shape index (κ2) is 11.6.